The molecule has 0 radical (unpaired) electrons. The van der Waals surface area contributed by atoms with E-state index in [4.69, 9.17) is 15.6 Å². The average molecular weight is 213 g/mol. The van der Waals surface area contributed by atoms with E-state index >= 15 is 0 Å². The molecule has 5 nitrogen and oxygen atoms in total. The molecule has 15 heavy (non-hydrogen) atoms. The predicted molar refractivity (Wildman–Crippen MR) is 50.9 cm³/mol. The van der Waals surface area contributed by atoms with Gasteiger partial charge in [-0.1, -0.05) is 0 Å². The van der Waals surface area contributed by atoms with Crippen molar-refractivity contribution in [3.05, 3.63) is 0 Å². The van der Waals surface area contributed by atoms with Crippen molar-refractivity contribution >= 4 is 11.9 Å². The molecule has 2 rings (SSSR count). The number of hydrogen-bond donors (Lipinski definition) is 2. The van der Waals surface area contributed by atoms with Gasteiger partial charge in [-0.3, -0.25) is 9.59 Å². The monoisotopic (exact) mass is 213 g/mol. The molecule has 0 spiro atoms. The Hall–Kier alpha value is -1.10. The van der Waals surface area contributed by atoms with E-state index in [2.05, 4.69) is 0 Å². The Morgan fingerprint density at radius 2 is 2.27 bits per heavy atom. The third-order valence-corrected chi connectivity index (χ3v) is 3.61. The summed E-state index contributed by atoms with van der Waals surface area (Å²) in [6.45, 7) is 2.07. The standard InChI is InChI=1S/C10H15NO4/c1-2-15-8(12)6-5-3-4-10(11,7(5)6)9(13)14/h5-7H,2-4,11H2,1H3,(H,13,14)/t5-,6-,7-,10-/m0/s1. The van der Waals surface area contributed by atoms with Crippen molar-refractivity contribution in [3.8, 4) is 0 Å². The number of aliphatic carboxylic acids is 1. The second-order valence-electron chi connectivity index (χ2n) is 4.35. The quantitative estimate of drug-likeness (QED) is 0.643. The summed E-state index contributed by atoms with van der Waals surface area (Å²) < 4.78 is 4.89. The molecule has 3 N–H and O–H groups in total. The van der Waals surface area contributed by atoms with E-state index in [0.717, 1.165) is 6.42 Å². The number of fused-ring (bicyclic) bond motifs is 1. The van der Waals surface area contributed by atoms with Crippen LogP contribution in [0.2, 0.25) is 0 Å². The maximum atomic E-state index is 11.5. The van der Waals surface area contributed by atoms with Gasteiger partial charge in [0.25, 0.3) is 0 Å². The van der Waals surface area contributed by atoms with Crippen molar-refractivity contribution in [3.63, 3.8) is 0 Å². The van der Waals surface area contributed by atoms with E-state index in [1.807, 2.05) is 0 Å². The number of nitrogens with two attached hydrogens (primary N) is 1. The number of hydrogen-bond acceptors (Lipinski definition) is 4. The van der Waals surface area contributed by atoms with Crippen molar-refractivity contribution in [1.29, 1.82) is 0 Å². The molecule has 2 saturated carbocycles. The maximum absolute atomic E-state index is 11.5. The SMILES string of the molecule is CCOC(=O)[C@H]1[C@@H]2CC[C@@](N)(C(=O)O)[C@@H]21. The van der Waals surface area contributed by atoms with Crippen LogP contribution in [0.3, 0.4) is 0 Å². The third kappa shape index (κ3) is 1.33. The highest BCUT2D eigenvalue weighted by atomic mass is 16.5. The van der Waals surface area contributed by atoms with Gasteiger partial charge in [0.2, 0.25) is 0 Å². The summed E-state index contributed by atoms with van der Waals surface area (Å²) in [5, 5.41) is 9.02. The first-order valence-electron chi connectivity index (χ1n) is 5.21. The summed E-state index contributed by atoms with van der Waals surface area (Å²) in [6.07, 6.45) is 1.19. The topological polar surface area (TPSA) is 89.6 Å². The van der Waals surface area contributed by atoms with Gasteiger partial charge in [-0.25, -0.2) is 0 Å². The van der Waals surface area contributed by atoms with E-state index in [0.29, 0.717) is 13.0 Å². The highest BCUT2D eigenvalue weighted by Crippen LogP contribution is 2.61. The van der Waals surface area contributed by atoms with E-state index in [1.165, 1.54) is 0 Å². The molecule has 84 valence electrons. The molecular weight excluding hydrogens is 198 g/mol. The molecule has 0 aromatic carbocycles. The number of ether oxygens (including phenoxy) is 1. The van der Waals surface area contributed by atoms with Crippen LogP contribution in [0.15, 0.2) is 0 Å². The van der Waals surface area contributed by atoms with Crippen LogP contribution in [0.4, 0.5) is 0 Å². The van der Waals surface area contributed by atoms with E-state index in [-0.39, 0.29) is 23.7 Å². The van der Waals surface area contributed by atoms with E-state index in [9.17, 15) is 9.59 Å². The van der Waals surface area contributed by atoms with E-state index in [1.54, 1.807) is 6.92 Å². The van der Waals surface area contributed by atoms with Gasteiger partial charge < -0.3 is 15.6 Å². The Morgan fingerprint density at radius 3 is 2.80 bits per heavy atom. The van der Waals surface area contributed by atoms with Gasteiger partial charge in [-0.2, -0.15) is 0 Å². The summed E-state index contributed by atoms with van der Waals surface area (Å²) in [6, 6.07) is 0. The van der Waals surface area contributed by atoms with Crippen molar-refractivity contribution < 1.29 is 19.4 Å². The molecule has 5 heteroatoms. The van der Waals surface area contributed by atoms with Gasteiger partial charge in [-0.05, 0) is 25.7 Å². The molecule has 0 aromatic rings. The van der Waals surface area contributed by atoms with Crippen LogP contribution in [0.25, 0.3) is 0 Å². The minimum atomic E-state index is -1.21. The fourth-order valence-electron chi connectivity index (χ4n) is 2.82. The number of carboxylic acids is 1. The van der Waals surface area contributed by atoms with Gasteiger partial charge in [0, 0.05) is 5.92 Å². The largest absolute Gasteiger partial charge is 0.480 e. The zero-order valence-corrected chi connectivity index (χ0v) is 8.60. The first-order valence-corrected chi connectivity index (χ1v) is 5.21. The number of carbonyl (C=O) groups is 2. The van der Waals surface area contributed by atoms with Gasteiger partial charge in [0.15, 0.2) is 0 Å². The van der Waals surface area contributed by atoms with Crippen molar-refractivity contribution in [1.82, 2.24) is 0 Å². The molecule has 2 aliphatic carbocycles. The first-order chi connectivity index (χ1) is 7.02. The zero-order chi connectivity index (χ0) is 11.2. The maximum Gasteiger partial charge on any atom is 0.324 e. The minimum Gasteiger partial charge on any atom is -0.480 e. The Kier molecular flexibility index (Phi) is 2.22. The lowest BCUT2D eigenvalue weighted by molar-refractivity contribution is -0.147. The van der Waals surface area contributed by atoms with Crippen LogP contribution in [-0.4, -0.2) is 29.2 Å². The number of carbonyl (C=O) groups excluding carboxylic acids is 1. The lowest BCUT2D eigenvalue weighted by atomic mass is 9.92. The molecule has 0 amide bonds. The number of carboxylic acid groups (broad SMARTS) is 1. The Labute approximate surface area is 87.6 Å². The Morgan fingerprint density at radius 1 is 1.60 bits per heavy atom. The molecule has 2 fully saturated rings. The van der Waals surface area contributed by atoms with Gasteiger partial charge in [0.05, 0.1) is 12.5 Å². The molecule has 0 aliphatic heterocycles. The van der Waals surface area contributed by atoms with Crippen LogP contribution >= 0.6 is 0 Å². The van der Waals surface area contributed by atoms with Crippen LogP contribution in [0.5, 0.6) is 0 Å². The second-order valence-corrected chi connectivity index (χ2v) is 4.35. The second kappa shape index (κ2) is 3.20. The minimum absolute atomic E-state index is 0.130. The first kappa shape index (κ1) is 10.4. The normalized spacial score (nSPS) is 42.1. The summed E-state index contributed by atoms with van der Waals surface area (Å²) in [4.78, 5) is 22.5. The third-order valence-electron chi connectivity index (χ3n) is 3.61. The molecule has 0 bridgehead atoms. The highest BCUT2D eigenvalue weighted by Gasteiger charge is 2.70. The van der Waals surface area contributed by atoms with Gasteiger partial charge in [-0.15, -0.1) is 0 Å². The van der Waals surface area contributed by atoms with Crippen molar-refractivity contribution in [2.75, 3.05) is 6.61 Å². The zero-order valence-electron chi connectivity index (χ0n) is 8.60. The average Bonchev–Trinajstić information content (AvgIpc) is 2.80. The number of rotatable bonds is 3. The molecule has 0 heterocycles. The molecular formula is C10H15NO4. The number of esters is 1. The summed E-state index contributed by atoms with van der Waals surface area (Å²) >= 11 is 0. The van der Waals surface area contributed by atoms with E-state index < -0.39 is 11.5 Å². The smallest absolute Gasteiger partial charge is 0.324 e. The molecule has 4 atom stereocenters. The van der Waals surface area contributed by atoms with Crippen LogP contribution in [0.1, 0.15) is 19.8 Å². The fraction of sp³-hybridized carbons (Fsp3) is 0.800. The molecule has 0 saturated heterocycles. The van der Waals surface area contributed by atoms with Crippen LogP contribution in [-0.2, 0) is 14.3 Å². The van der Waals surface area contributed by atoms with Crippen molar-refractivity contribution in [2.45, 2.75) is 25.3 Å². The van der Waals surface area contributed by atoms with Crippen LogP contribution < -0.4 is 5.73 Å². The summed E-state index contributed by atoms with van der Waals surface area (Å²) in [5.74, 6) is -1.65. The highest BCUT2D eigenvalue weighted by molar-refractivity contribution is 5.85. The summed E-state index contributed by atoms with van der Waals surface area (Å²) in [5.41, 5.74) is 4.60. The predicted octanol–water partition coefficient (Wildman–Crippen LogP) is -0.0124. The Bertz CT molecular complexity index is 317. The summed E-state index contributed by atoms with van der Waals surface area (Å²) in [7, 11) is 0. The molecule has 0 aromatic heterocycles. The van der Waals surface area contributed by atoms with Crippen molar-refractivity contribution in [2.24, 2.45) is 23.5 Å². The molecule has 0 unspecified atom stereocenters. The fourth-order valence-corrected chi connectivity index (χ4v) is 2.82. The lowest BCUT2D eigenvalue weighted by Crippen LogP contribution is -2.49. The van der Waals surface area contributed by atoms with Gasteiger partial charge in [0.1, 0.15) is 5.54 Å². The van der Waals surface area contributed by atoms with Gasteiger partial charge >= 0.3 is 11.9 Å². The Balaban J connectivity index is 2.07. The lowest BCUT2D eigenvalue weighted by Gasteiger charge is -2.21. The molecule has 2 aliphatic rings. The van der Waals surface area contributed by atoms with Crippen LogP contribution in [0, 0.1) is 17.8 Å².